The van der Waals surface area contributed by atoms with Gasteiger partial charge in [-0.2, -0.15) is 10.1 Å². The van der Waals surface area contributed by atoms with Crippen molar-refractivity contribution in [2.45, 2.75) is 27.0 Å². The zero-order chi connectivity index (χ0) is 17.8. The molecule has 0 aliphatic carbocycles. The summed E-state index contributed by atoms with van der Waals surface area (Å²) < 4.78 is 7.12. The van der Waals surface area contributed by atoms with Crippen molar-refractivity contribution < 1.29 is 9.84 Å². The number of aliphatic hydroxyl groups is 1. The fourth-order valence-electron chi connectivity index (χ4n) is 2.50. The van der Waals surface area contributed by atoms with Crippen molar-refractivity contribution in [3.8, 4) is 0 Å². The van der Waals surface area contributed by atoms with Crippen molar-refractivity contribution >= 4 is 34.3 Å². The molecule has 3 aromatic heterocycles. The van der Waals surface area contributed by atoms with Crippen LogP contribution < -0.4 is 5.32 Å². The molecule has 0 atom stereocenters. The average Bonchev–Trinajstić information content (AvgIpc) is 2.93. The number of aliphatic hydroxyl groups excluding tert-OH is 1. The Morgan fingerprint density at radius 2 is 2.12 bits per heavy atom. The SMILES string of the molecule is CCOCCn1nc(CO)c2nc(Cl)nc(Nc3cccc(C)n3)c21. The number of fused-ring (bicyclic) bond motifs is 1. The van der Waals surface area contributed by atoms with Crippen LogP contribution in [-0.2, 0) is 17.9 Å². The number of rotatable bonds is 7. The molecule has 3 aromatic rings. The Morgan fingerprint density at radius 3 is 2.84 bits per heavy atom. The molecule has 3 heterocycles. The summed E-state index contributed by atoms with van der Waals surface area (Å²) in [7, 11) is 0. The van der Waals surface area contributed by atoms with Gasteiger partial charge in [-0.3, -0.25) is 4.68 Å². The minimum Gasteiger partial charge on any atom is -0.390 e. The van der Waals surface area contributed by atoms with Crippen molar-refractivity contribution in [2.24, 2.45) is 0 Å². The van der Waals surface area contributed by atoms with Crippen molar-refractivity contribution in [2.75, 3.05) is 18.5 Å². The first-order chi connectivity index (χ1) is 12.1. The molecule has 2 N–H and O–H groups in total. The van der Waals surface area contributed by atoms with E-state index in [-0.39, 0.29) is 11.9 Å². The van der Waals surface area contributed by atoms with Gasteiger partial charge >= 0.3 is 0 Å². The second kappa shape index (κ2) is 7.73. The lowest BCUT2D eigenvalue weighted by atomic mass is 10.3. The highest BCUT2D eigenvalue weighted by atomic mass is 35.5. The molecular formula is C16H19ClN6O2. The first kappa shape index (κ1) is 17.5. The van der Waals surface area contributed by atoms with E-state index in [0.29, 0.717) is 48.1 Å². The smallest absolute Gasteiger partial charge is 0.225 e. The third kappa shape index (κ3) is 3.87. The molecule has 0 saturated carbocycles. The normalized spacial score (nSPS) is 11.2. The number of hydrogen-bond acceptors (Lipinski definition) is 7. The largest absolute Gasteiger partial charge is 0.390 e. The lowest BCUT2D eigenvalue weighted by Gasteiger charge is -2.10. The molecule has 0 aliphatic heterocycles. The second-order valence-corrected chi connectivity index (χ2v) is 5.69. The Balaban J connectivity index is 2.07. The average molecular weight is 363 g/mol. The van der Waals surface area contributed by atoms with E-state index in [0.717, 1.165) is 5.69 Å². The molecule has 25 heavy (non-hydrogen) atoms. The van der Waals surface area contributed by atoms with Crippen LogP contribution in [-0.4, -0.2) is 43.1 Å². The van der Waals surface area contributed by atoms with Crippen LogP contribution in [0.15, 0.2) is 18.2 Å². The molecule has 0 bridgehead atoms. The Hall–Kier alpha value is -2.29. The summed E-state index contributed by atoms with van der Waals surface area (Å²) in [5.41, 5.74) is 2.48. The van der Waals surface area contributed by atoms with Crippen LogP contribution in [0.4, 0.5) is 11.6 Å². The van der Waals surface area contributed by atoms with Gasteiger partial charge in [0.05, 0.1) is 19.8 Å². The summed E-state index contributed by atoms with van der Waals surface area (Å²) in [5, 5.41) is 17.2. The summed E-state index contributed by atoms with van der Waals surface area (Å²) in [5.74, 6) is 1.12. The maximum absolute atomic E-state index is 9.59. The molecule has 9 heteroatoms. The van der Waals surface area contributed by atoms with Gasteiger partial charge in [-0.1, -0.05) is 6.07 Å². The molecule has 132 valence electrons. The molecule has 0 saturated heterocycles. The summed E-state index contributed by atoms with van der Waals surface area (Å²) in [4.78, 5) is 12.9. The highest BCUT2D eigenvalue weighted by molar-refractivity contribution is 6.28. The van der Waals surface area contributed by atoms with E-state index in [2.05, 4.69) is 25.4 Å². The van der Waals surface area contributed by atoms with Crippen LogP contribution >= 0.6 is 11.6 Å². The number of anilines is 2. The van der Waals surface area contributed by atoms with Crippen LogP contribution in [0.25, 0.3) is 11.0 Å². The number of hydrogen-bond donors (Lipinski definition) is 2. The number of ether oxygens (including phenoxy) is 1. The Kier molecular flexibility index (Phi) is 5.42. The predicted molar refractivity (Wildman–Crippen MR) is 95.0 cm³/mol. The molecule has 0 amide bonds. The van der Waals surface area contributed by atoms with E-state index in [1.807, 2.05) is 32.0 Å². The van der Waals surface area contributed by atoms with Crippen LogP contribution in [0.2, 0.25) is 5.28 Å². The van der Waals surface area contributed by atoms with Crippen molar-refractivity contribution in [1.82, 2.24) is 24.7 Å². The second-order valence-electron chi connectivity index (χ2n) is 5.35. The summed E-state index contributed by atoms with van der Waals surface area (Å²) in [6, 6.07) is 5.64. The molecule has 0 aliphatic rings. The third-order valence-corrected chi connectivity index (χ3v) is 3.73. The molecular weight excluding hydrogens is 344 g/mol. The van der Waals surface area contributed by atoms with Gasteiger partial charge in [0, 0.05) is 12.3 Å². The first-order valence-electron chi connectivity index (χ1n) is 7.94. The van der Waals surface area contributed by atoms with Crippen molar-refractivity contribution in [3.63, 3.8) is 0 Å². The first-order valence-corrected chi connectivity index (χ1v) is 8.32. The maximum Gasteiger partial charge on any atom is 0.225 e. The summed E-state index contributed by atoms with van der Waals surface area (Å²) in [6.07, 6.45) is 0. The monoisotopic (exact) mass is 362 g/mol. The maximum atomic E-state index is 9.59. The van der Waals surface area contributed by atoms with E-state index in [4.69, 9.17) is 16.3 Å². The van der Waals surface area contributed by atoms with E-state index in [9.17, 15) is 5.11 Å². The highest BCUT2D eigenvalue weighted by Gasteiger charge is 2.18. The van der Waals surface area contributed by atoms with E-state index in [1.165, 1.54) is 0 Å². The molecule has 0 unspecified atom stereocenters. The third-order valence-electron chi connectivity index (χ3n) is 3.57. The predicted octanol–water partition coefficient (Wildman–Crippen LogP) is 2.46. The van der Waals surface area contributed by atoms with Crippen LogP contribution in [0.1, 0.15) is 18.3 Å². The lowest BCUT2D eigenvalue weighted by molar-refractivity contribution is 0.137. The number of aromatic nitrogens is 5. The van der Waals surface area contributed by atoms with Gasteiger partial charge in [0.1, 0.15) is 22.5 Å². The molecule has 8 nitrogen and oxygen atoms in total. The topological polar surface area (TPSA) is 98.0 Å². The summed E-state index contributed by atoms with van der Waals surface area (Å²) in [6.45, 7) is 5.21. The van der Waals surface area contributed by atoms with Gasteiger partial charge in [-0.15, -0.1) is 0 Å². The number of nitrogens with zero attached hydrogens (tertiary/aromatic N) is 5. The minimum atomic E-state index is -0.242. The van der Waals surface area contributed by atoms with E-state index < -0.39 is 0 Å². The number of nitrogens with one attached hydrogen (secondary N) is 1. The van der Waals surface area contributed by atoms with Gasteiger partial charge in [-0.05, 0) is 37.6 Å². The van der Waals surface area contributed by atoms with Gasteiger partial charge < -0.3 is 15.2 Å². The summed E-state index contributed by atoms with van der Waals surface area (Å²) >= 11 is 6.06. The van der Waals surface area contributed by atoms with Gasteiger partial charge in [-0.25, -0.2) is 9.97 Å². The standard InChI is InChI=1S/C16H19ClN6O2/c1-3-25-8-7-23-14-13(11(9-24)22-23)20-16(17)21-15(14)19-12-6-4-5-10(2)18-12/h4-6,24H,3,7-9H2,1-2H3,(H,18,19,20,21). The number of aryl methyl sites for hydroxylation is 1. The molecule has 0 radical (unpaired) electrons. The van der Waals surface area contributed by atoms with Crippen LogP contribution in [0.5, 0.6) is 0 Å². The fourth-order valence-corrected chi connectivity index (χ4v) is 2.67. The Morgan fingerprint density at radius 1 is 1.28 bits per heavy atom. The van der Waals surface area contributed by atoms with E-state index in [1.54, 1.807) is 4.68 Å². The van der Waals surface area contributed by atoms with Crippen molar-refractivity contribution in [1.29, 1.82) is 0 Å². The van der Waals surface area contributed by atoms with Gasteiger partial charge in [0.25, 0.3) is 0 Å². The zero-order valence-corrected chi connectivity index (χ0v) is 14.8. The van der Waals surface area contributed by atoms with Crippen LogP contribution in [0, 0.1) is 6.92 Å². The number of pyridine rings is 1. The Labute approximate surface area is 149 Å². The van der Waals surface area contributed by atoms with Gasteiger partial charge in [0.15, 0.2) is 5.82 Å². The molecule has 0 aromatic carbocycles. The van der Waals surface area contributed by atoms with Gasteiger partial charge in [0.2, 0.25) is 5.28 Å². The Bertz CT molecular complexity index is 882. The quantitative estimate of drug-likeness (QED) is 0.492. The fraction of sp³-hybridized carbons (Fsp3) is 0.375. The lowest BCUT2D eigenvalue weighted by Crippen LogP contribution is -2.09. The molecule has 0 fully saturated rings. The molecule has 0 spiro atoms. The van der Waals surface area contributed by atoms with Crippen molar-refractivity contribution in [3.05, 3.63) is 34.9 Å². The minimum absolute atomic E-state index is 0.0710. The zero-order valence-electron chi connectivity index (χ0n) is 14.0. The van der Waals surface area contributed by atoms with Crippen LogP contribution in [0.3, 0.4) is 0 Å². The number of halogens is 1. The van der Waals surface area contributed by atoms with E-state index >= 15 is 0 Å². The molecule has 3 rings (SSSR count). The highest BCUT2D eigenvalue weighted by Crippen LogP contribution is 2.27.